The highest BCUT2D eigenvalue weighted by molar-refractivity contribution is 6.32. The molecule has 3 rings (SSSR count). The van der Waals surface area contributed by atoms with Crippen molar-refractivity contribution in [1.29, 1.82) is 0 Å². The third kappa shape index (κ3) is 4.12. The van der Waals surface area contributed by atoms with E-state index in [4.69, 9.17) is 21.1 Å². The van der Waals surface area contributed by atoms with E-state index in [1.165, 1.54) is 25.6 Å². The normalized spacial score (nSPS) is 14.0. The Hall–Kier alpha value is -2.64. The summed E-state index contributed by atoms with van der Waals surface area (Å²) in [5.74, 6) is -0.0252. The number of carbonyl (C=O) groups excluding carboxylic acids is 2. The van der Waals surface area contributed by atoms with Crippen LogP contribution in [0.3, 0.4) is 0 Å². The molecule has 1 fully saturated rings. The molecule has 2 heterocycles. The Bertz CT molecular complexity index is 822. The molecule has 1 N–H and O–H groups in total. The molecule has 2 aromatic rings. The Balaban J connectivity index is 1.73. The number of nitrogens with one attached hydrogen (secondary N) is 1. The lowest BCUT2D eigenvalue weighted by Gasteiger charge is -2.26. The molecule has 0 bridgehead atoms. The number of nitrogens with zero attached hydrogens (tertiary/aromatic N) is 2. The molecule has 1 saturated heterocycles. The summed E-state index contributed by atoms with van der Waals surface area (Å²) in [4.78, 5) is 30.7. The first kappa shape index (κ1) is 18.2. The molecular formula is C18H18ClN3O4. The topological polar surface area (TPSA) is 80.8 Å². The van der Waals surface area contributed by atoms with Gasteiger partial charge in [0.05, 0.1) is 36.5 Å². The highest BCUT2D eigenvalue weighted by Crippen LogP contribution is 2.27. The molecule has 1 aliphatic heterocycles. The van der Waals surface area contributed by atoms with Gasteiger partial charge >= 0.3 is 0 Å². The number of benzene rings is 1. The van der Waals surface area contributed by atoms with Crippen molar-refractivity contribution in [2.75, 3.05) is 38.7 Å². The first-order valence-corrected chi connectivity index (χ1v) is 8.43. The second-order valence-electron chi connectivity index (χ2n) is 5.67. The Labute approximate surface area is 155 Å². The van der Waals surface area contributed by atoms with Crippen molar-refractivity contribution >= 4 is 29.1 Å². The summed E-state index contributed by atoms with van der Waals surface area (Å²) in [5, 5.41) is 3.12. The number of amides is 2. The van der Waals surface area contributed by atoms with E-state index in [0.29, 0.717) is 48.3 Å². The molecule has 0 radical (unpaired) electrons. The standard InChI is InChI=1S/C18H18ClN3O4/c1-25-16-3-2-14(9-15(16)19)21-17(23)12-8-13(11-20-10-12)18(24)22-4-6-26-7-5-22/h2-3,8-11H,4-7H2,1H3,(H,21,23). The summed E-state index contributed by atoms with van der Waals surface area (Å²) in [7, 11) is 1.52. The molecule has 1 aliphatic rings. The van der Waals surface area contributed by atoms with E-state index < -0.39 is 0 Å². The average Bonchev–Trinajstić information content (AvgIpc) is 2.68. The third-order valence-corrected chi connectivity index (χ3v) is 4.25. The van der Waals surface area contributed by atoms with Crippen molar-refractivity contribution in [2.24, 2.45) is 0 Å². The minimum atomic E-state index is -0.379. The fraction of sp³-hybridized carbons (Fsp3) is 0.278. The molecule has 0 saturated carbocycles. The zero-order chi connectivity index (χ0) is 18.5. The number of morpholine rings is 1. The van der Waals surface area contributed by atoms with Crippen LogP contribution in [0.5, 0.6) is 5.75 Å². The van der Waals surface area contributed by atoms with Crippen LogP contribution in [0.25, 0.3) is 0 Å². The number of anilines is 1. The Morgan fingerprint density at radius 2 is 1.92 bits per heavy atom. The van der Waals surface area contributed by atoms with Crippen molar-refractivity contribution in [1.82, 2.24) is 9.88 Å². The lowest BCUT2D eigenvalue weighted by Crippen LogP contribution is -2.40. The molecule has 1 aromatic heterocycles. The van der Waals surface area contributed by atoms with Crippen LogP contribution in [0.1, 0.15) is 20.7 Å². The number of pyridine rings is 1. The molecule has 0 spiro atoms. The van der Waals surface area contributed by atoms with Gasteiger partial charge in [-0.05, 0) is 24.3 Å². The van der Waals surface area contributed by atoms with E-state index in [0.717, 1.165) is 0 Å². The van der Waals surface area contributed by atoms with Crippen LogP contribution >= 0.6 is 11.6 Å². The van der Waals surface area contributed by atoms with E-state index in [9.17, 15) is 9.59 Å². The Kier molecular flexibility index (Phi) is 5.70. The van der Waals surface area contributed by atoms with Gasteiger partial charge in [-0.2, -0.15) is 0 Å². The zero-order valence-corrected chi connectivity index (χ0v) is 15.0. The van der Waals surface area contributed by atoms with Gasteiger partial charge in [0, 0.05) is 31.2 Å². The Morgan fingerprint density at radius 1 is 1.19 bits per heavy atom. The lowest BCUT2D eigenvalue weighted by molar-refractivity contribution is 0.0302. The van der Waals surface area contributed by atoms with E-state index in [2.05, 4.69) is 10.3 Å². The van der Waals surface area contributed by atoms with Crippen LogP contribution < -0.4 is 10.1 Å². The summed E-state index contributed by atoms with van der Waals surface area (Å²) in [6, 6.07) is 6.47. The van der Waals surface area contributed by atoms with Gasteiger partial charge in [-0.15, -0.1) is 0 Å². The molecule has 26 heavy (non-hydrogen) atoms. The smallest absolute Gasteiger partial charge is 0.257 e. The molecular weight excluding hydrogens is 358 g/mol. The number of aromatic nitrogens is 1. The highest BCUT2D eigenvalue weighted by Gasteiger charge is 2.20. The first-order chi connectivity index (χ1) is 12.6. The fourth-order valence-corrected chi connectivity index (χ4v) is 2.84. The first-order valence-electron chi connectivity index (χ1n) is 8.05. The summed E-state index contributed by atoms with van der Waals surface area (Å²) < 4.78 is 10.3. The van der Waals surface area contributed by atoms with Crippen molar-refractivity contribution in [3.05, 3.63) is 52.8 Å². The predicted molar refractivity (Wildman–Crippen MR) is 96.9 cm³/mol. The minimum absolute atomic E-state index is 0.164. The summed E-state index contributed by atoms with van der Waals surface area (Å²) in [6.45, 7) is 2.08. The third-order valence-electron chi connectivity index (χ3n) is 3.96. The van der Waals surface area contributed by atoms with Crippen molar-refractivity contribution in [3.8, 4) is 5.75 Å². The van der Waals surface area contributed by atoms with Crippen LogP contribution in [0, 0.1) is 0 Å². The predicted octanol–water partition coefficient (Wildman–Crippen LogP) is 2.47. The maximum atomic E-state index is 12.5. The molecule has 0 unspecified atom stereocenters. The zero-order valence-electron chi connectivity index (χ0n) is 14.2. The SMILES string of the molecule is COc1ccc(NC(=O)c2cncc(C(=O)N3CCOCC3)c2)cc1Cl. The number of halogens is 1. The minimum Gasteiger partial charge on any atom is -0.495 e. The molecule has 7 nitrogen and oxygen atoms in total. The Morgan fingerprint density at radius 3 is 2.62 bits per heavy atom. The van der Waals surface area contributed by atoms with Gasteiger partial charge in [0.2, 0.25) is 0 Å². The summed E-state index contributed by atoms with van der Waals surface area (Å²) in [5.41, 5.74) is 1.18. The van der Waals surface area contributed by atoms with Gasteiger partial charge in [0.25, 0.3) is 11.8 Å². The van der Waals surface area contributed by atoms with Crippen molar-refractivity contribution in [3.63, 3.8) is 0 Å². The number of carbonyl (C=O) groups is 2. The molecule has 2 amide bonds. The van der Waals surface area contributed by atoms with Crippen LogP contribution in [0.2, 0.25) is 5.02 Å². The molecule has 136 valence electrons. The lowest BCUT2D eigenvalue weighted by atomic mass is 10.1. The average molecular weight is 376 g/mol. The molecule has 1 aromatic carbocycles. The maximum absolute atomic E-state index is 12.5. The maximum Gasteiger partial charge on any atom is 0.257 e. The van der Waals surface area contributed by atoms with Crippen molar-refractivity contribution in [2.45, 2.75) is 0 Å². The molecule has 8 heteroatoms. The van der Waals surface area contributed by atoms with Crippen LogP contribution in [-0.2, 0) is 4.74 Å². The molecule has 0 aliphatic carbocycles. The molecule has 0 atom stereocenters. The largest absolute Gasteiger partial charge is 0.495 e. The number of ether oxygens (including phenoxy) is 2. The van der Waals surface area contributed by atoms with E-state index in [-0.39, 0.29) is 17.4 Å². The quantitative estimate of drug-likeness (QED) is 0.887. The van der Waals surface area contributed by atoms with Crippen LogP contribution in [0.15, 0.2) is 36.7 Å². The summed E-state index contributed by atoms with van der Waals surface area (Å²) >= 11 is 6.06. The van der Waals surface area contributed by atoms with Gasteiger partial charge in [-0.1, -0.05) is 11.6 Å². The van der Waals surface area contributed by atoms with Crippen molar-refractivity contribution < 1.29 is 19.1 Å². The fourth-order valence-electron chi connectivity index (χ4n) is 2.58. The van der Waals surface area contributed by atoms with E-state index in [1.54, 1.807) is 23.1 Å². The number of rotatable bonds is 4. The number of methoxy groups -OCH3 is 1. The van der Waals surface area contributed by atoms with Gasteiger partial charge in [-0.3, -0.25) is 14.6 Å². The monoisotopic (exact) mass is 375 g/mol. The van der Waals surface area contributed by atoms with E-state index in [1.807, 2.05) is 0 Å². The summed E-state index contributed by atoms with van der Waals surface area (Å²) in [6.07, 6.45) is 2.87. The van der Waals surface area contributed by atoms with E-state index >= 15 is 0 Å². The van der Waals surface area contributed by atoms with Gasteiger partial charge < -0.3 is 19.7 Å². The van der Waals surface area contributed by atoms with Crippen LogP contribution in [-0.4, -0.2) is 55.1 Å². The van der Waals surface area contributed by atoms with Crippen LogP contribution in [0.4, 0.5) is 5.69 Å². The second-order valence-corrected chi connectivity index (χ2v) is 6.08. The van der Waals surface area contributed by atoms with Gasteiger partial charge in [0.1, 0.15) is 5.75 Å². The van der Waals surface area contributed by atoms with Gasteiger partial charge in [0.15, 0.2) is 0 Å². The second kappa shape index (κ2) is 8.16. The van der Waals surface area contributed by atoms with Gasteiger partial charge in [-0.25, -0.2) is 0 Å². The number of hydrogen-bond donors (Lipinski definition) is 1. The highest BCUT2D eigenvalue weighted by atomic mass is 35.5. The number of hydrogen-bond acceptors (Lipinski definition) is 5.